The highest BCUT2D eigenvalue weighted by Gasteiger charge is 2.14. The zero-order valence-corrected chi connectivity index (χ0v) is 9.08. The number of rotatable bonds is 9. The largest absolute Gasteiger partial charge is 0.480 e. The summed E-state index contributed by atoms with van der Waals surface area (Å²) in [5, 5.41) is 11.8. The van der Waals surface area contributed by atoms with Crippen molar-refractivity contribution in [3.8, 4) is 0 Å². The SMILES string of the molecule is CCCOCCNC(CCC)C(=O)O. The zero-order chi connectivity index (χ0) is 10.8. The van der Waals surface area contributed by atoms with Crippen LogP contribution < -0.4 is 5.32 Å². The average molecular weight is 203 g/mol. The lowest BCUT2D eigenvalue weighted by Crippen LogP contribution is -2.38. The summed E-state index contributed by atoms with van der Waals surface area (Å²) in [6, 6.07) is -0.426. The van der Waals surface area contributed by atoms with Gasteiger partial charge in [-0.15, -0.1) is 0 Å². The molecule has 0 radical (unpaired) electrons. The lowest BCUT2D eigenvalue weighted by atomic mass is 10.2. The van der Waals surface area contributed by atoms with Gasteiger partial charge in [-0.2, -0.15) is 0 Å². The van der Waals surface area contributed by atoms with Crippen LogP contribution in [0.3, 0.4) is 0 Å². The van der Waals surface area contributed by atoms with Gasteiger partial charge in [-0.1, -0.05) is 20.3 Å². The fraction of sp³-hybridized carbons (Fsp3) is 0.900. The monoisotopic (exact) mass is 203 g/mol. The molecule has 0 aliphatic rings. The fourth-order valence-corrected chi connectivity index (χ4v) is 1.15. The first-order chi connectivity index (χ1) is 6.72. The molecule has 2 N–H and O–H groups in total. The number of carboxylic acid groups (broad SMARTS) is 1. The number of hydrogen-bond acceptors (Lipinski definition) is 3. The van der Waals surface area contributed by atoms with Crippen molar-refractivity contribution in [1.82, 2.24) is 5.32 Å². The first-order valence-corrected chi connectivity index (χ1v) is 5.26. The van der Waals surface area contributed by atoms with E-state index in [1.165, 1.54) is 0 Å². The Kier molecular flexibility index (Phi) is 8.57. The van der Waals surface area contributed by atoms with Crippen LogP contribution in [0.25, 0.3) is 0 Å². The number of nitrogens with one attached hydrogen (secondary N) is 1. The molecule has 0 spiro atoms. The number of ether oxygens (including phenoxy) is 1. The van der Waals surface area contributed by atoms with E-state index in [0.717, 1.165) is 19.4 Å². The van der Waals surface area contributed by atoms with Gasteiger partial charge in [0.15, 0.2) is 0 Å². The Balaban J connectivity index is 3.46. The number of hydrogen-bond donors (Lipinski definition) is 2. The van der Waals surface area contributed by atoms with E-state index in [0.29, 0.717) is 19.6 Å². The maximum atomic E-state index is 10.7. The molecular weight excluding hydrogens is 182 g/mol. The third-order valence-electron chi connectivity index (χ3n) is 1.86. The molecule has 0 fully saturated rings. The second-order valence-corrected chi connectivity index (χ2v) is 3.25. The highest BCUT2D eigenvalue weighted by Crippen LogP contribution is 1.96. The van der Waals surface area contributed by atoms with Gasteiger partial charge in [0.1, 0.15) is 6.04 Å². The molecule has 0 heterocycles. The maximum Gasteiger partial charge on any atom is 0.320 e. The number of carboxylic acids is 1. The van der Waals surface area contributed by atoms with Crippen LogP contribution in [0.15, 0.2) is 0 Å². The van der Waals surface area contributed by atoms with E-state index < -0.39 is 12.0 Å². The summed E-state index contributed by atoms with van der Waals surface area (Å²) in [4.78, 5) is 10.7. The van der Waals surface area contributed by atoms with E-state index in [9.17, 15) is 4.79 Å². The van der Waals surface area contributed by atoms with Crippen LogP contribution in [0.5, 0.6) is 0 Å². The molecule has 14 heavy (non-hydrogen) atoms. The summed E-state index contributed by atoms with van der Waals surface area (Å²) in [6.07, 6.45) is 2.54. The van der Waals surface area contributed by atoms with E-state index in [-0.39, 0.29) is 0 Å². The molecule has 0 amide bonds. The van der Waals surface area contributed by atoms with Crippen LogP contribution >= 0.6 is 0 Å². The Morgan fingerprint density at radius 2 is 2.07 bits per heavy atom. The summed E-state index contributed by atoms with van der Waals surface area (Å²) in [7, 11) is 0. The molecule has 0 saturated carbocycles. The van der Waals surface area contributed by atoms with Crippen molar-refractivity contribution in [3.63, 3.8) is 0 Å². The summed E-state index contributed by atoms with van der Waals surface area (Å²) in [5.41, 5.74) is 0. The van der Waals surface area contributed by atoms with Gasteiger partial charge < -0.3 is 15.2 Å². The smallest absolute Gasteiger partial charge is 0.320 e. The predicted molar refractivity (Wildman–Crippen MR) is 55.4 cm³/mol. The molecule has 0 aromatic carbocycles. The Labute approximate surface area is 85.6 Å². The molecule has 1 atom stereocenters. The molecular formula is C10H21NO3. The lowest BCUT2D eigenvalue weighted by molar-refractivity contribution is -0.139. The quantitative estimate of drug-likeness (QED) is 0.554. The maximum absolute atomic E-state index is 10.7. The fourth-order valence-electron chi connectivity index (χ4n) is 1.15. The molecule has 1 unspecified atom stereocenters. The van der Waals surface area contributed by atoms with Crippen LogP contribution in [0.4, 0.5) is 0 Å². The average Bonchev–Trinajstić information content (AvgIpc) is 2.15. The summed E-state index contributed by atoms with van der Waals surface area (Å²) >= 11 is 0. The molecule has 0 aromatic heterocycles. The van der Waals surface area contributed by atoms with E-state index >= 15 is 0 Å². The van der Waals surface area contributed by atoms with Gasteiger partial charge in [0, 0.05) is 13.2 Å². The van der Waals surface area contributed by atoms with Crippen molar-refractivity contribution in [2.45, 2.75) is 39.2 Å². The topological polar surface area (TPSA) is 58.6 Å². The molecule has 0 aromatic rings. The Bertz CT molecular complexity index is 150. The van der Waals surface area contributed by atoms with Crippen molar-refractivity contribution >= 4 is 5.97 Å². The van der Waals surface area contributed by atoms with Crippen molar-refractivity contribution in [1.29, 1.82) is 0 Å². The van der Waals surface area contributed by atoms with Crippen LogP contribution in [0.1, 0.15) is 33.1 Å². The van der Waals surface area contributed by atoms with E-state index in [1.54, 1.807) is 0 Å². The van der Waals surface area contributed by atoms with Gasteiger partial charge in [-0.05, 0) is 12.8 Å². The predicted octanol–water partition coefficient (Wildman–Crippen LogP) is 1.26. The summed E-state index contributed by atoms with van der Waals surface area (Å²) < 4.78 is 5.24. The minimum atomic E-state index is -0.776. The molecule has 0 rings (SSSR count). The van der Waals surface area contributed by atoms with Crippen molar-refractivity contribution < 1.29 is 14.6 Å². The van der Waals surface area contributed by atoms with Gasteiger partial charge in [0.2, 0.25) is 0 Å². The second kappa shape index (κ2) is 8.97. The first kappa shape index (κ1) is 13.4. The summed E-state index contributed by atoms with van der Waals surface area (Å²) in [6.45, 7) is 5.96. The van der Waals surface area contributed by atoms with E-state index in [4.69, 9.17) is 9.84 Å². The van der Waals surface area contributed by atoms with Gasteiger partial charge in [-0.25, -0.2) is 0 Å². The lowest BCUT2D eigenvalue weighted by Gasteiger charge is -2.13. The normalized spacial score (nSPS) is 12.7. The van der Waals surface area contributed by atoms with Gasteiger partial charge >= 0.3 is 5.97 Å². The molecule has 4 nitrogen and oxygen atoms in total. The van der Waals surface area contributed by atoms with Crippen LogP contribution in [-0.2, 0) is 9.53 Å². The highest BCUT2D eigenvalue weighted by atomic mass is 16.5. The summed E-state index contributed by atoms with van der Waals surface area (Å²) in [5.74, 6) is -0.776. The molecule has 0 saturated heterocycles. The molecule has 84 valence electrons. The third-order valence-corrected chi connectivity index (χ3v) is 1.86. The Morgan fingerprint density at radius 3 is 2.57 bits per heavy atom. The van der Waals surface area contributed by atoms with Crippen LogP contribution in [0, 0.1) is 0 Å². The van der Waals surface area contributed by atoms with Gasteiger partial charge in [0.25, 0.3) is 0 Å². The third kappa shape index (κ3) is 6.86. The van der Waals surface area contributed by atoms with Crippen LogP contribution in [0.2, 0.25) is 0 Å². The van der Waals surface area contributed by atoms with Crippen molar-refractivity contribution in [2.75, 3.05) is 19.8 Å². The molecule has 0 aliphatic carbocycles. The second-order valence-electron chi connectivity index (χ2n) is 3.25. The minimum absolute atomic E-state index is 0.426. The first-order valence-electron chi connectivity index (χ1n) is 5.26. The molecule has 0 aliphatic heterocycles. The minimum Gasteiger partial charge on any atom is -0.480 e. The standard InChI is InChI=1S/C10H21NO3/c1-3-5-9(10(12)13)11-6-8-14-7-4-2/h9,11H,3-8H2,1-2H3,(H,12,13). The number of carbonyl (C=O) groups is 1. The van der Waals surface area contributed by atoms with Gasteiger partial charge in [0.05, 0.1) is 6.61 Å². The molecule has 4 heteroatoms. The number of aliphatic carboxylic acids is 1. The van der Waals surface area contributed by atoms with E-state index in [2.05, 4.69) is 5.32 Å². The Hall–Kier alpha value is -0.610. The zero-order valence-electron chi connectivity index (χ0n) is 9.08. The van der Waals surface area contributed by atoms with Crippen LogP contribution in [-0.4, -0.2) is 36.9 Å². The van der Waals surface area contributed by atoms with Gasteiger partial charge in [-0.3, -0.25) is 4.79 Å². The van der Waals surface area contributed by atoms with Crippen molar-refractivity contribution in [2.24, 2.45) is 0 Å². The van der Waals surface area contributed by atoms with Crippen molar-refractivity contribution in [3.05, 3.63) is 0 Å². The highest BCUT2D eigenvalue weighted by molar-refractivity contribution is 5.73. The molecule has 0 bridgehead atoms. The van der Waals surface area contributed by atoms with E-state index in [1.807, 2.05) is 13.8 Å². The Morgan fingerprint density at radius 1 is 1.36 bits per heavy atom.